The molecule has 160 valence electrons. The number of nitrogens with zero attached hydrogens (tertiary/aromatic N) is 2. The van der Waals surface area contributed by atoms with E-state index in [-0.39, 0.29) is 31.1 Å². The van der Waals surface area contributed by atoms with E-state index in [4.69, 9.17) is 9.47 Å². The highest BCUT2D eigenvalue weighted by Crippen LogP contribution is 2.30. The van der Waals surface area contributed by atoms with Crippen LogP contribution in [0.1, 0.15) is 5.56 Å². The van der Waals surface area contributed by atoms with Gasteiger partial charge in [0.2, 0.25) is 0 Å². The van der Waals surface area contributed by atoms with Crippen LogP contribution in [0, 0.1) is 5.82 Å². The number of hydrogen-bond donors (Lipinski definition) is 1. The van der Waals surface area contributed by atoms with Crippen LogP contribution in [0.5, 0.6) is 5.75 Å². The second-order valence-electron chi connectivity index (χ2n) is 7.02. The largest absolute Gasteiger partial charge is 0.496 e. The van der Waals surface area contributed by atoms with Crippen LogP contribution in [0.25, 0.3) is 21.3 Å². The number of para-hydroxylation sites is 1. The first kappa shape index (κ1) is 21.2. The molecule has 0 saturated heterocycles. The normalized spacial score (nSPS) is 12.2. The third-order valence-corrected chi connectivity index (χ3v) is 5.77. The Morgan fingerprint density at radius 2 is 1.97 bits per heavy atom. The zero-order valence-corrected chi connectivity index (χ0v) is 17.6. The van der Waals surface area contributed by atoms with Crippen LogP contribution in [-0.4, -0.2) is 34.5 Å². The van der Waals surface area contributed by atoms with Gasteiger partial charge < -0.3 is 14.6 Å². The number of hydrogen-bond acceptors (Lipinski definition) is 6. The molecule has 8 heteroatoms. The molecule has 2 aromatic heterocycles. The zero-order valence-electron chi connectivity index (χ0n) is 16.8. The first-order chi connectivity index (χ1) is 15.1. The minimum absolute atomic E-state index is 0.0480. The molecule has 31 heavy (non-hydrogen) atoms. The molecule has 0 amide bonds. The third-order valence-electron chi connectivity index (χ3n) is 4.88. The SMILES string of the molecule is COc1ccccc1COCC(O)Cn1cnc2scc(-c3ccc(F)cc3)c2c1=O. The van der Waals surface area contributed by atoms with E-state index >= 15 is 0 Å². The predicted molar refractivity (Wildman–Crippen MR) is 118 cm³/mol. The van der Waals surface area contributed by atoms with E-state index < -0.39 is 6.10 Å². The van der Waals surface area contributed by atoms with E-state index in [2.05, 4.69) is 4.98 Å². The predicted octanol–water partition coefficient (Wildman–Crippen LogP) is 3.85. The van der Waals surface area contributed by atoms with Crippen molar-refractivity contribution in [1.29, 1.82) is 0 Å². The quantitative estimate of drug-likeness (QED) is 0.451. The van der Waals surface area contributed by atoms with Gasteiger partial charge in [0.1, 0.15) is 16.4 Å². The molecule has 4 rings (SSSR count). The van der Waals surface area contributed by atoms with Crippen LogP contribution in [0.4, 0.5) is 4.39 Å². The first-order valence-electron chi connectivity index (χ1n) is 9.67. The lowest BCUT2D eigenvalue weighted by atomic mass is 10.1. The summed E-state index contributed by atoms with van der Waals surface area (Å²) in [6, 6.07) is 13.5. The Morgan fingerprint density at radius 1 is 1.19 bits per heavy atom. The molecule has 0 fully saturated rings. The Morgan fingerprint density at radius 3 is 2.74 bits per heavy atom. The number of fused-ring (bicyclic) bond motifs is 1. The molecule has 0 aliphatic heterocycles. The van der Waals surface area contributed by atoms with Crippen molar-refractivity contribution >= 4 is 21.6 Å². The summed E-state index contributed by atoms with van der Waals surface area (Å²) < 4.78 is 25.5. The van der Waals surface area contributed by atoms with Crippen LogP contribution in [0.3, 0.4) is 0 Å². The molecular formula is C23H21FN2O4S. The molecular weight excluding hydrogens is 419 g/mol. The summed E-state index contributed by atoms with van der Waals surface area (Å²) in [5.74, 6) is 0.378. The van der Waals surface area contributed by atoms with Gasteiger partial charge in [-0.25, -0.2) is 9.37 Å². The fourth-order valence-electron chi connectivity index (χ4n) is 3.35. The lowest BCUT2D eigenvalue weighted by molar-refractivity contribution is 0.0192. The van der Waals surface area contributed by atoms with Gasteiger partial charge in [-0.15, -0.1) is 11.3 Å². The molecule has 0 saturated carbocycles. The van der Waals surface area contributed by atoms with E-state index in [9.17, 15) is 14.3 Å². The summed E-state index contributed by atoms with van der Waals surface area (Å²) in [5.41, 5.74) is 2.06. The fraction of sp³-hybridized carbons (Fsp3) is 0.217. The maximum absolute atomic E-state index is 13.3. The van der Waals surface area contributed by atoms with Gasteiger partial charge in [0.05, 0.1) is 44.7 Å². The number of thiophene rings is 1. The second kappa shape index (κ2) is 9.38. The number of aromatic nitrogens is 2. The molecule has 1 atom stereocenters. The van der Waals surface area contributed by atoms with Crippen LogP contribution < -0.4 is 10.3 Å². The van der Waals surface area contributed by atoms with Crippen molar-refractivity contribution in [3.63, 3.8) is 0 Å². The average molecular weight is 440 g/mol. The number of ether oxygens (including phenoxy) is 2. The molecule has 1 N–H and O–H groups in total. The van der Waals surface area contributed by atoms with Crippen molar-refractivity contribution in [3.05, 3.63) is 82.0 Å². The molecule has 0 aliphatic rings. The van der Waals surface area contributed by atoms with Crippen LogP contribution in [-0.2, 0) is 17.9 Å². The third kappa shape index (κ3) is 4.66. The van der Waals surface area contributed by atoms with Crippen molar-refractivity contribution in [3.8, 4) is 16.9 Å². The molecule has 4 aromatic rings. The number of aliphatic hydroxyl groups excluding tert-OH is 1. The summed E-state index contributed by atoms with van der Waals surface area (Å²) in [6.45, 7) is 0.385. The number of rotatable bonds is 8. The highest BCUT2D eigenvalue weighted by molar-refractivity contribution is 7.17. The number of benzene rings is 2. The van der Waals surface area contributed by atoms with Crippen LogP contribution in [0.15, 0.2) is 65.0 Å². The minimum Gasteiger partial charge on any atom is -0.496 e. The Bertz CT molecular complexity index is 1240. The van der Waals surface area contributed by atoms with Gasteiger partial charge in [0, 0.05) is 16.5 Å². The Labute approximate surface area is 182 Å². The van der Waals surface area contributed by atoms with Crippen molar-refractivity contribution < 1.29 is 19.0 Å². The highest BCUT2D eigenvalue weighted by Gasteiger charge is 2.15. The summed E-state index contributed by atoms with van der Waals surface area (Å²) in [4.78, 5) is 18.0. The Balaban J connectivity index is 1.48. The van der Waals surface area contributed by atoms with Gasteiger partial charge in [-0.2, -0.15) is 0 Å². The average Bonchev–Trinajstić information content (AvgIpc) is 3.21. The van der Waals surface area contributed by atoms with Gasteiger partial charge in [0.15, 0.2) is 0 Å². The van der Waals surface area contributed by atoms with Crippen molar-refractivity contribution in [1.82, 2.24) is 9.55 Å². The number of halogens is 1. The molecule has 6 nitrogen and oxygen atoms in total. The van der Waals surface area contributed by atoms with E-state index in [1.807, 2.05) is 29.6 Å². The lowest BCUT2D eigenvalue weighted by Gasteiger charge is -2.14. The molecule has 0 radical (unpaired) electrons. The van der Waals surface area contributed by atoms with E-state index in [1.165, 1.54) is 34.4 Å². The highest BCUT2D eigenvalue weighted by atomic mass is 32.1. The number of aliphatic hydroxyl groups is 1. The van der Waals surface area contributed by atoms with Gasteiger partial charge in [0.25, 0.3) is 5.56 Å². The second-order valence-corrected chi connectivity index (χ2v) is 7.88. The lowest BCUT2D eigenvalue weighted by Crippen LogP contribution is -2.29. The van der Waals surface area contributed by atoms with Gasteiger partial charge in [-0.3, -0.25) is 9.36 Å². The summed E-state index contributed by atoms with van der Waals surface area (Å²) in [5, 5.41) is 12.7. The summed E-state index contributed by atoms with van der Waals surface area (Å²) in [6.07, 6.45) is 0.540. The van der Waals surface area contributed by atoms with Crippen LogP contribution >= 0.6 is 11.3 Å². The Hall–Kier alpha value is -3.07. The van der Waals surface area contributed by atoms with E-state index in [0.717, 1.165) is 11.1 Å². The smallest absolute Gasteiger partial charge is 0.262 e. The Kier molecular flexibility index (Phi) is 6.41. The van der Waals surface area contributed by atoms with Crippen molar-refractivity contribution in [2.24, 2.45) is 0 Å². The summed E-state index contributed by atoms with van der Waals surface area (Å²) in [7, 11) is 1.59. The molecule has 2 heterocycles. The van der Waals surface area contributed by atoms with E-state index in [0.29, 0.717) is 21.5 Å². The molecule has 0 bridgehead atoms. The van der Waals surface area contributed by atoms with E-state index in [1.54, 1.807) is 19.2 Å². The molecule has 1 unspecified atom stereocenters. The maximum Gasteiger partial charge on any atom is 0.262 e. The molecule has 0 spiro atoms. The maximum atomic E-state index is 13.3. The van der Waals surface area contributed by atoms with Gasteiger partial charge in [-0.1, -0.05) is 30.3 Å². The fourth-order valence-corrected chi connectivity index (χ4v) is 4.25. The molecule has 0 aliphatic carbocycles. The van der Waals surface area contributed by atoms with Crippen molar-refractivity contribution in [2.45, 2.75) is 19.3 Å². The first-order valence-corrected chi connectivity index (χ1v) is 10.5. The van der Waals surface area contributed by atoms with Gasteiger partial charge >= 0.3 is 0 Å². The van der Waals surface area contributed by atoms with Gasteiger partial charge in [-0.05, 0) is 23.8 Å². The van der Waals surface area contributed by atoms with Crippen LogP contribution in [0.2, 0.25) is 0 Å². The summed E-state index contributed by atoms with van der Waals surface area (Å²) >= 11 is 1.35. The molecule has 2 aromatic carbocycles. The topological polar surface area (TPSA) is 73.6 Å². The standard InChI is InChI=1S/C23H21FN2O4S/c1-29-20-5-3-2-4-16(20)11-30-12-18(27)10-26-14-25-22-21(23(26)28)19(13-31-22)15-6-8-17(24)9-7-15/h2-9,13-14,18,27H,10-12H2,1H3. The zero-order chi connectivity index (χ0) is 21.8. The minimum atomic E-state index is -0.889. The monoisotopic (exact) mass is 440 g/mol. The number of methoxy groups -OCH3 is 1. The van der Waals surface area contributed by atoms with Crippen molar-refractivity contribution in [2.75, 3.05) is 13.7 Å².